The number of nitrogens with two attached hydrogens (primary N) is 1. The zero-order valence-corrected chi connectivity index (χ0v) is 12.6. The van der Waals surface area contributed by atoms with Gasteiger partial charge in [0, 0.05) is 6.04 Å². The van der Waals surface area contributed by atoms with Crippen molar-refractivity contribution in [2.45, 2.75) is 40.2 Å². The number of halogens is 1. The van der Waals surface area contributed by atoms with E-state index in [1.807, 2.05) is 6.07 Å². The lowest BCUT2D eigenvalue weighted by atomic mass is 9.87. The smallest absolute Gasteiger partial charge is 0.123 e. The third-order valence-electron chi connectivity index (χ3n) is 4.14. The highest BCUT2D eigenvalue weighted by Gasteiger charge is 2.16. The molecule has 0 fully saturated rings. The molecule has 0 bridgehead atoms. The van der Waals surface area contributed by atoms with Crippen LogP contribution in [0.5, 0.6) is 0 Å². The summed E-state index contributed by atoms with van der Waals surface area (Å²) in [7, 11) is 0. The third kappa shape index (κ3) is 2.91. The van der Waals surface area contributed by atoms with Crippen molar-refractivity contribution in [2.75, 3.05) is 0 Å². The normalized spacial score (nSPS) is 12.5. The summed E-state index contributed by atoms with van der Waals surface area (Å²) in [6.45, 7) is 8.45. The van der Waals surface area contributed by atoms with Gasteiger partial charge in [0.2, 0.25) is 0 Å². The van der Waals surface area contributed by atoms with Crippen LogP contribution in [0.4, 0.5) is 4.39 Å². The highest BCUT2D eigenvalue weighted by molar-refractivity contribution is 5.46. The Balaban J connectivity index is 2.37. The maximum Gasteiger partial charge on any atom is 0.123 e. The van der Waals surface area contributed by atoms with E-state index >= 15 is 0 Å². The average molecular weight is 271 g/mol. The van der Waals surface area contributed by atoms with Gasteiger partial charge in [-0.2, -0.15) is 0 Å². The molecule has 20 heavy (non-hydrogen) atoms. The Hall–Kier alpha value is -1.67. The molecule has 0 saturated carbocycles. The molecule has 1 nitrogen and oxygen atoms in total. The number of benzene rings is 2. The molecule has 0 heterocycles. The van der Waals surface area contributed by atoms with Crippen LogP contribution in [0.2, 0.25) is 0 Å². The van der Waals surface area contributed by atoms with E-state index in [1.165, 1.54) is 33.9 Å². The van der Waals surface area contributed by atoms with Crippen molar-refractivity contribution in [3.8, 4) is 0 Å². The van der Waals surface area contributed by atoms with Gasteiger partial charge in [-0.3, -0.25) is 0 Å². The highest BCUT2D eigenvalue weighted by atomic mass is 19.1. The number of aryl methyl sites for hydroxylation is 2. The molecule has 0 radical (unpaired) electrons. The second-order valence-corrected chi connectivity index (χ2v) is 5.61. The van der Waals surface area contributed by atoms with E-state index in [2.05, 4.69) is 33.8 Å². The van der Waals surface area contributed by atoms with Crippen molar-refractivity contribution < 1.29 is 4.39 Å². The van der Waals surface area contributed by atoms with E-state index in [9.17, 15) is 4.39 Å². The van der Waals surface area contributed by atoms with Gasteiger partial charge in [-0.05, 0) is 79.6 Å². The van der Waals surface area contributed by atoms with Gasteiger partial charge < -0.3 is 5.73 Å². The largest absolute Gasteiger partial charge is 0.324 e. The minimum absolute atomic E-state index is 0.101. The molecule has 0 aromatic heterocycles. The van der Waals surface area contributed by atoms with Crippen LogP contribution in [-0.4, -0.2) is 0 Å². The minimum Gasteiger partial charge on any atom is -0.324 e. The summed E-state index contributed by atoms with van der Waals surface area (Å²) in [5.74, 6) is -0.205. The molecule has 106 valence electrons. The van der Waals surface area contributed by atoms with Crippen LogP contribution < -0.4 is 5.73 Å². The van der Waals surface area contributed by atoms with Gasteiger partial charge in [-0.1, -0.05) is 18.2 Å². The highest BCUT2D eigenvalue weighted by Crippen LogP contribution is 2.28. The van der Waals surface area contributed by atoms with E-state index in [1.54, 1.807) is 12.1 Å². The van der Waals surface area contributed by atoms with Crippen molar-refractivity contribution in [3.63, 3.8) is 0 Å². The van der Waals surface area contributed by atoms with Crippen molar-refractivity contribution in [3.05, 3.63) is 69.5 Å². The van der Waals surface area contributed by atoms with E-state index < -0.39 is 0 Å². The van der Waals surface area contributed by atoms with Crippen LogP contribution >= 0.6 is 0 Å². The second kappa shape index (κ2) is 5.76. The van der Waals surface area contributed by atoms with E-state index in [0.717, 1.165) is 5.56 Å². The van der Waals surface area contributed by atoms with Gasteiger partial charge in [0.05, 0.1) is 0 Å². The zero-order valence-electron chi connectivity index (χ0n) is 12.6. The zero-order chi connectivity index (χ0) is 14.9. The van der Waals surface area contributed by atoms with Gasteiger partial charge in [-0.25, -0.2) is 4.39 Å². The van der Waals surface area contributed by atoms with Gasteiger partial charge in [0.25, 0.3) is 0 Å². The Labute approximate surface area is 120 Å². The Morgan fingerprint density at radius 3 is 2.15 bits per heavy atom. The van der Waals surface area contributed by atoms with Crippen LogP contribution in [0, 0.1) is 33.5 Å². The predicted octanol–water partition coefficient (Wildman–Crippen LogP) is 4.30. The first-order chi connectivity index (χ1) is 9.40. The van der Waals surface area contributed by atoms with Gasteiger partial charge in [-0.15, -0.1) is 0 Å². The first-order valence-electron chi connectivity index (χ1n) is 6.97. The van der Waals surface area contributed by atoms with Crippen LogP contribution in [0.25, 0.3) is 0 Å². The minimum atomic E-state index is -0.205. The standard InChI is InChI=1S/C18H22FN/c1-11-8-12(2)14(4)18(13(11)3)17(20)10-15-6-5-7-16(19)9-15/h5-9,17H,10,20H2,1-4H3. The monoisotopic (exact) mass is 271 g/mol. The molecular weight excluding hydrogens is 249 g/mol. The molecule has 2 aromatic rings. The molecule has 2 rings (SSSR count). The molecule has 0 spiro atoms. The lowest BCUT2D eigenvalue weighted by Gasteiger charge is -2.21. The summed E-state index contributed by atoms with van der Waals surface area (Å²) in [5.41, 5.74) is 13.6. The summed E-state index contributed by atoms with van der Waals surface area (Å²) in [6, 6.07) is 8.78. The molecule has 2 N–H and O–H groups in total. The molecule has 0 aliphatic carbocycles. The van der Waals surface area contributed by atoms with E-state index in [-0.39, 0.29) is 11.9 Å². The molecule has 0 aliphatic heterocycles. The van der Waals surface area contributed by atoms with Crippen molar-refractivity contribution in [2.24, 2.45) is 5.73 Å². The fourth-order valence-electron chi connectivity index (χ4n) is 2.82. The van der Waals surface area contributed by atoms with Crippen LogP contribution in [0.15, 0.2) is 30.3 Å². The van der Waals surface area contributed by atoms with Crippen molar-refractivity contribution >= 4 is 0 Å². The molecule has 1 unspecified atom stereocenters. The number of hydrogen-bond donors (Lipinski definition) is 1. The number of rotatable bonds is 3. The lowest BCUT2D eigenvalue weighted by Crippen LogP contribution is -2.17. The molecule has 0 aliphatic rings. The first-order valence-corrected chi connectivity index (χ1v) is 6.97. The van der Waals surface area contributed by atoms with E-state index in [0.29, 0.717) is 6.42 Å². The summed E-state index contributed by atoms with van der Waals surface area (Å²) in [6.07, 6.45) is 0.655. The molecule has 0 amide bonds. The van der Waals surface area contributed by atoms with Gasteiger partial charge in [0.15, 0.2) is 0 Å². The summed E-state index contributed by atoms with van der Waals surface area (Å²) >= 11 is 0. The topological polar surface area (TPSA) is 26.0 Å². The SMILES string of the molecule is Cc1cc(C)c(C)c(C(N)Cc2cccc(F)c2)c1C. The number of hydrogen-bond acceptors (Lipinski definition) is 1. The Bertz CT molecular complexity index is 605. The Kier molecular flexibility index (Phi) is 4.24. The average Bonchev–Trinajstić information content (AvgIpc) is 2.36. The Morgan fingerprint density at radius 1 is 1.00 bits per heavy atom. The van der Waals surface area contributed by atoms with Gasteiger partial charge in [0.1, 0.15) is 5.82 Å². The van der Waals surface area contributed by atoms with Crippen LogP contribution in [-0.2, 0) is 6.42 Å². The fourth-order valence-corrected chi connectivity index (χ4v) is 2.82. The van der Waals surface area contributed by atoms with Crippen molar-refractivity contribution in [1.29, 1.82) is 0 Å². The molecule has 2 aromatic carbocycles. The maximum atomic E-state index is 13.3. The van der Waals surface area contributed by atoms with Gasteiger partial charge >= 0.3 is 0 Å². The van der Waals surface area contributed by atoms with Crippen LogP contribution in [0.1, 0.15) is 39.4 Å². The Morgan fingerprint density at radius 2 is 1.60 bits per heavy atom. The second-order valence-electron chi connectivity index (χ2n) is 5.61. The van der Waals surface area contributed by atoms with Crippen LogP contribution in [0.3, 0.4) is 0 Å². The fraction of sp³-hybridized carbons (Fsp3) is 0.333. The molecule has 1 atom stereocenters. The van der Waals surface area contributed by atoms with E-state index in [4.69, 9.17) is 5.73 Å². The maximum absolute atomic E-state index is 13.3. The third-order valence-corrected chi connectivity index (χ3v) is 4.14. The summed E-state index contributed by atoms with van der Waals surface area (Å²) in [4.78, 5) is 0. The molecule has 2 heteroatoms. The first kappa shape index (κ1) is 14.7. The molecular formula is C18H22FN. The quantitative estimate of drug-likeness (QED) is 0.885. The molecule has 0 saturated heterocycles. The summed E-state index contributed by atoms with van der Waals surface area (Å²) in [5, 5.41) is 0. The lowest BCUT2D eigenvalue weighted by molar-refractivity contribution is 0.621. The van der Waals surface area contributed by atoms with Crippen molar-refractivity contribution in [1.82, 2.24) is 0 Å². The predicted molar refractivity (Wildman–Crippen MR) is 82.4 cm³/mol. The summed E-state index contributed by atoms with van der Waals surface area (Å²) < 4.78 is 13.3.